The van der Waals surface area contributed by atoms with Crippen molar-refractivity contribution in [3.8, 4) is 0 Å². The minimum Gasteiger partial charge on any atom is -0.465 e. The molecule has 95 heavy (non-hydrogen) atoms. The van der Waals surface area contributed by atoms with Gasteiger partial charge in [-0.25, -0.2) is 9.59 Å². The van der Waals surface area contributed by atoms with Crippen molar-refractivity contribution in [2.24, 2.45) is 35.0 Å². The maximum atomic E-state index is 13.9. The standard InChI is InChI=1S/C38H60F3NO6.C31H51NO4.C6H7F3O2/c1-10-14-18-29(11-2)24-46-33(44)31(21-27(5)30-19-16-15-17-20-30)22-35(7,34(45)47-26-38(39,40)41)25-48-42-36(8,12-3)23-32(43)28(6)37(42,9)13-4;1-9-13-17-25(10-2)22-35-29(34)28(20-23(5)26-18-15-14-16-19-26)36-32-30(7,11-3)21-27(33)24(6)31(32,8)12-4;1-4(2)5(10)11-3-6(7,8)9/h15-17,19-20,27-29,31H,10-14,18,21-26H2,1-9H3;14-16,18-19,23-25,28H,9-13,17,20-22H2,1-8H3;1,3H2,2H3. The summed E-state index contributed by atoms with van der Waals surface area (Å²) in [5.41, 5.74) is -1.94. The van der Waals surface area contributed by atoms with E-state index >= 15 is 0 Å². The van der Waals surface area contributed by atoms with Crippen molar-refractivity contribution >= 4 is 35.4 Å². The highest BCUT2D eigenvalue weighted by Gasteiger charge is 2.57. The lowest BCUT2D eigenvalue weighted by molar-refractivity contribution is -0.315. The van der Waals surface area contributed by atoms with Gasteiger partial charge in [0.15, 0.2) is 19.3 Å². The van der Waals surface area contributed by atoms with Crippen molar-refractivity contribution in [2.75, 3.05) is 33.0 Å². The molecule has 0 bridgehead atoms. The van der Waals surface area contributed by atoms with E-state index in [1.807, 2.05) is 102 Å². The number of hydrogen-bond donors (Lipinski definition) is 0. The van der Waals surface area contributed by atoms with Gasteiger partial charge in [-0.2, -0.15) is 36.5 Å². The first-order valence-corrected chi connectivity index (χ1v) is 34.8. The molecule has 20 heteroatoms. The molecule has 0 radical (unpaired) electrons. The van der Waals surface area contributed by atoms with Crippen molar-refractivity contribution in [2.45, 2.75) is 286 Å². The molecule has 0 aliphatic carbocycles. The second kappa shape index (κ2) is 39.4. The molecular weight excluding hydrogens is 1230 g/mol. The van der Waals surface area contributed by atoms with Crippen LogP contribution in [0.25, 0.3) is 0 Å². The summed E-state index contributed by atoms with van der Waals surface area (Å²) in [6.07, 6.45) is 2.20. The van der Waals surface area contributed by atoms with E-state index in [1.165, 1.54) is 19.4 Å². The van der Waals surface area contributed by atoms with Crippen molar-refractivity contribution in [3.63, 3.8) is 0 Å². The largest absolute Gasteiger partial charge is 0.465 e. The quantitative estimate of drug-likeness (QED) is 0.0277. The van der Waals surface area contributed by atoms with Crippen molar-refractivity contribution in [1.82, 2.24) is 10.1 Å². The van der Waals surface area contributed by atoms with E-state index in [2.05, 4.69) is 85.8 Å². The Morgan fingerprint density at radius 1 is 0.589 bits per heavy atom. The molecule has 2 aromatic rings. The first-order valence-electron chi connectivity index (χ1n) is 34.8. The number of carbonyl (C=O) groups is 6. The molecule has 14 nitrogen and oxygen atoms in total. The average molecular weight is 1350 g/mol. The Morgan fingerprint density at radius 3 is 1.40 bits per heavy atom. The van der Waals surface area contributed by atoms with Gasteiger partial charge in [0, 0.05) is 30.3 Å². The summed E-state index contributed by atoms with van der Waals surface area (Å²) in [5.74, 6) is -3.34. The Bertz CT molecular complexity index is 2680. The molecule has 13 unspecified atom stereocenters. The number of carbonyl (C=O) groups excluding carboxylic acids is 6. The second-order valence-corrected chi connectivity index (χ2v) is 28.1. The molecule has 0 aromatic heterocycles. The number of halogens is 6. The number of benzene rings is 2. The number of Topliss-reactive ketones (excluding diaryl/α,β-unsaturated/α-hetero) is 2. The summed E-state index contributed by atoms with van der Waals surface area (Å²) in [4.78, 5) is 90.8. The zero-order valence-corrected chi connectivity index (χ0v) is 60.7. The smallest absolute Gasteiger partial charge is 0.422 e. The third kappa shape index (κ3) is 26.2. The Balaban J connectivity index is 0.000000572. The van der Waals surface area contributed by atoms with Crippen LogP contribution in [0, 0.1) is 35.0 Å². The molecule has 2 aromatic carbocycles. The van der Waals surface area contributed by atoms with Crippen LogP contribution in [0.4, 0.5) is 26.3 Å². The summed E-state index contributed by atoms with van der Waals surface area (Å²) in [6, 6.07) is 19.9. The lowest BCUT2D eigenvalue weighted by Crippen LogP contribution is -2.67. The first kappa shape index (κ1) is 85.9. The summed E-state index contributed by atoms with van der Waals surface area (Å²) >= 11 is 0. The van der Waals surface area contributed by atoms with Gasteiger partial charge in [0.05, 0.1) is 53.3 Å². The number of ketones is 2. The Morgan fingerprint density at radius 2 is 1.00 bits per heavy atom. The van der Waals surface area contributed by atoms with Crippen LogP contribution < -0.4 is 0 Å². The molecule has 0 N–H and O–H groups in total. The third-order valence-electron chi connectivity index (χ3n) is 20.4. The SMILES string of the molecule is C=C(C)C(=O)OCC(F)(F)F.CCCCC(CC)COC(=O)C(CC(C)c1ccccc1)CC(C)(CON1C(C)(CC)CC(=O)C(C)C1(C)CC)C(=O)OCC(F)(F)F.CCCCC(CC)COC(=O)C(CC(C)c1ccccc1)ON1C(C)(CC)CC(=O)C(C)C1(C)CC. The van der Waals surface area contributed by atoms with Crippen LogP contribution in [0.5, 0.6) is 0 Å². The van der Waals surface area contributed by atoms with Crippen LogP contribution >= 0.6 is 0 Å². The molecule has 0 saturated carbocycles. The van der Waals surface area contributed by atoms with Crippen LogP contribution in [0.1, 0.15) is 257 Å². The number of unbranched alkanes of at least 4 members (excludes halogenated alkanes) is 2. The van der Waals surface area contributed by atoms with E-state index in [4.69, 9.17) is 23.9 Å². The summed E-state index contributed by atoms with van der Waals surface area (Å²) in [6.45, 7) is 35.5. The zero-order chi connectivity index (χ0) is 72.3. The van der Waals surface area contributed by atoms with E-state index in [-0.39, 0.29) is 78.8 Å². The van der Waals surface area contributed by atoms with Gasteiger partial charge >= 0.3 is 36.2 Å². The van der Waals surface area contributed by atoms with Gasteiger partial charge in [0.1, 0.15) is 11.6 Å². The highest BCUT2D eigenvalue weighted by molar-refractivity contribution is 5.87. The zero-order valence-electron chi connectivity index (χ0n) is 60.7. The van der Waals surface area contributed by atoms with E-state index < -0.39 is 83.1 Å². The monoisotopic (exact) mass is 1350 g/mol. The van der Waals surface area contributed by atoms with Crippen LogP contribution in [-0.4, -0.2) is 119 Å². The van der Waals surface area contributed by atoms with Gasteiger partial charge < -0.3 is 18.9 Å². The van der Waals surface area contributed by atoms with Gasteiger partial charge in [-0.1, -0.05) is 189 Å². The molecule has 2 aliphatic heterocycles. The molecule has 2 aliphatic rings. The molecular formula is C75H118F6N2O12. The molecule has 4 rings (SSSR count). The van der Waals surface area contributed by atoms with E-state index in [1.54, 1.807) is 5.06 Å². The fraction of sp³-hybridized carbons (Fsp3) is 0.733. The number of esters is 4. The number of ether oxygens (including phenoxy) is 4. The molecule has 0 spiro atoms. The predicted molar refractivity (Wildman–Crippen MR) is 359 cm³/mol. The number of alkyl halides is 6. The number of nitrogens with zero attached hydrogens (tertiary/aromatic N) is 2. The lowest BCUT2D eigenvalue weighted by Gasteiger charge is -2.56. The molecule has 542 valence electrons. The minimum absolute atomic E-state index is 0.0470. The summed E-state index contributed by atoms with van der Waals surface area (Å²) in [5, 5.41) is 3.81. The van der Waals surface area contributed by atoms with Gasteiger partial charge in [0.2, 0.25) is 0 Å². The van der Waals surface area contributed by atoms with Gasteiger partial charge in [0.25, 0.3) is 0 Å². The Kier molecular flexibility index (Phi) is 35.6. The number of hydroxylamine groups is 4. The fourth-order valence-corrected chi connectivity index (χ4v) is 12.6. The van der Waals surface area contributed by atoms with Crippen molar-refractivity contribution < 1.29 is 83.7 Å². The topological polar surface area (TPSA) is 164 Å². The van der Waals surface area contributed by atoms with Crippen LogP contribution in [-0.2, 0) is 57.4 Å². The predicted octanol–water partition coefficient (Wildman–Crippen LogP) is 18.4. The maximum absolute atomic E-state index is 13.9. The summed E-state index contributed by atoms with van der Waals surface area (Å²) < 4.78 is 94.5. The van der Waals surface area contributed by atoms with Gasteiger partial charge in [-0.05, 0) is 134 Å². The number of hydrogen-bond acceptors (Lipinski definition) is 14. The van der Waals surface area contributed by atoms with Crippen LogP contribution in [0.3, 0.4) is 0 Å². The Labute approximate surface area is 565 Å². The van der Waals surface area contributed by atoms with Crippen molar-refractivity contribution in [1.29, 1.82) is 0 Å². The average Bonchev–Trinajstić information content (AvgIpc) is 0.752. The summed E-state index contributed by atoms with van der Waals surface area (Å²) in [7, 11) is 0. The molecule has 2 fully saturated rings. The second-order valence-electron chi connectivity index (χ2n) is 28.1. The van der Waals surface area contributed by atoms with Gasteiger partial charge in [-0.15, -0.1) is 0 Å². The highest BCUT2D eigenvalue weighted by atomic mass is 19.4. The van der Waals surface area contributed by atoms with Gasteiger partial charge in [-0.3, -0.25) is 28.9 Å². The Hall–Kier alpha value is -5.18. The van der Waals surface area contributed by atoms with E-state index in [0.717, 1.165) is 69.8 Å². The third-order valence-corrected chi connectivity index (χ3v) is 20.4. The highest BCUT2D eigenvalue weighted by Crippen LogP contribution is 2.47. The lowest BCUT2D eigenvalue weighted by atomic mass is 9.70. The molecule has 2 heterocycles. The minimum atomic E-state index is -4.73. The number of rotatable bonds is 35. The van der Waals surface area contributed by atoms with Crippen molar-refractivity contribution in [3.05, 3.63) is 83.9 Å². The normalized spacial score (nSPS) is 24.4. The van der Waals surface area contributed by atoms with E-state index in [9.17, 15) is 55.1 Å². The fourth-order valence-electron chi connectivity index (χ4n) is 12.6. The molecule has 0 amide bonds. The van der Waals surface area contributed by atoms with Crippen LogP contribution in [0.2, 0.25) is 0 Å². The molecule has 13 atom stereocenters. The number of piperidine rings is 2. The van der Waals surface area contributed by atoms with E-state index in [0.29, 0.717) is 44.6 Å². The maximum Gasteiger partial charge on any atom is 0.422 e. The first-order chi connectivity index (χ1) is 44.3. The van der Waals surface area contributed by atoms with Crippen LogP contribution in [0.15, 0.2) is 72.8 Å². The molecule has 2 saturated heterocycles.